The van der Waals surface area contributed by atoms with Crippen molar-refractivity contribution in [2.45, 2.75) is 39.3 Å². The third-order valence-corrected chi connectivity index (χ3v) is 3.72. The van der Waals surface area contributed by atoms with Gasteiger partial charge in [0.25, 0.3) is 11.5 Å². The molecule has 0 aliphatic carbocycles. The summed E-state index contributed by atoms with van der Waals surface area (Å²) in [4.78, 5) is 36.2. The highest BCUT2D eigenvalue weighted by molar-refractivity contribution is 5.92. The van der Waals surface area contributed by atoms with Crippen LogP contribution in [0, 0.1) is 0 Å². The van der Waals surface area contributed by atoms with Crippen LogP contribution in [0.15, 0.2) is 47.3 Å². The van der Waals surface area contributed by atoms with Crippen molar-refractivity contribution in [3.8, 4) is 0 Å². The number of nitrogens with one attached hydrogen (secondary N) is 1. The average molecular weight is 357 g/mol. The lowest BCUT2D eigenvalue weighted by atomic mass is 10.0. The van der Waals surface area contributed by atoms with Crippen LogP contribution in [0.4, 0.5) is 0 Å². The van der Waals surface area contributed by atoms with Gasteiger partial charge in [0.05, 0.1) is 19.1 Å². The molecular weight excluding hydrogens is 334 g/mol. The monoisotopic (exact) mass is 357 g/mol. The molecule has 1 heterocycles. The Morgan fingerprint density at radius 2 is 1.88 bits per heavy atom. The lowest BCUT2D eigenvalue weighted by Gasteiger charge is -2.18. The molecular formula is C19H23N3O4. The van der Waals surface area contributed by atoms with E-state index in [4.69, 9.17) is 4.74 Å². The maximum atomic E-state index is 12.6. The molecule has 0 bridgehead atoms. The maximum Gasteiger partial charge on any atom is 0.308 e. The molecule has 0 saturated carbocycles. The first-order valence-corrected chi connectivity index (χ1v) is 8.64. The number of nitrogens with zero attached hydrogens (tertiary/aromatic N) is 2. The Morgan fingerprint density at radius 3 is 2.54 bits per heavy atom. The highest BCUT2D eigenvalue weighted by Gasteiger charge is 2.21. The summed E-state index contributed by atoms with van der Waals surface area (Å²) in [6.07, 6.45) is 0.742. The van der Waals surface area contributed by atoms with Gasteiger partial charge in [0.1, 0.15) is 5.69 Å². The van der Waals surface area contributed by atoms with Gasteiger partial charge in [0, 0.05) is 12.6 Å². The quantitative estimate of drug-likeness (QED) is 0.731. The van der Waals surface area contributed by atoms with Crippen LogP contribution < -0.4 is 10.9 Å². The molecule has 0 saturated heterocycles. The molecule has 0 fully saturated rings. The summed E-state index contributed by atoms with van der Waals surface area (Å²) in [5, 5.41) is 6.91. The fraction of sp³-hybridized carbons (Fsp3) is 0.368. The summed E-state index contributed by atoms with van der Waals surface area (Å²) < 4.78 is 6.26. The second kappa shape index (κ2) is 9.50. The smallest absolute Gasteiger partial charge is 0.308 e. The number of hydrogen-bond donors (Lipinski definition) is 1. The number of aryl methyl sites for hydroxylation is 1. The standard InChI is InChI=1S/C19H23N3O4/c1-3-12-22-17(23)11-10-15(21-22)19(25)20-16(13-18(24)26-4-2)14-8-6-5-7-9-14/h5-11,16H,3-4,12-13H2,1-2H3,(H,20,25). The van der Waals surface area contributed by atoms with E-state index in [0.29, 0.717) is 6.54 Å². The molecule has 2 aromatic rings. The highest BCUT2D eigenvalue weighted by atomic mass is 16.5. The molecule has 1 N–H and O–H groups in total. The zero-order valence-electron chi connectivity index (χ0n) is 15.0. The molecule has 0 spiro atoms. The van der Waals surface area contributed by atoms with Crippen molar-refractivity contribution in [2.24, 2.45) is 0 Å². The van der Waals surface area contributed by atoms with E-state index in [9.17, 15) is 14.4 Å². The lowest BCUT2D eigenvalue weighted by Crippen LogP contribution is -2.33. The van der Waals surface area contributed by atoms with Gasteiger partial charge in [-0.25, -0.2) is 4.68 Å². The molecule has 2 rings (SSSR count). The van der Waals surface area contributed by atoms with E-state index >= 15 is 0 Å². The first-order valence-electron chi connectivity index (χ1n) is 8.64. The number of aromatic nitrogens is 2. The van der Waals surface area contributed by atoms with Crippen molar-refractivity contribution in [3.63, 3.8) is 0 Å². The maximum absolute atomic E-state index is 12.6. The number of carbonyl (C=O) groups is 2. The van der Waals surface area contributed by atoms with E-state index < -0.39 is 17.9 Å². The normalized spacial score (nSPS) is 11.6. The van der Waals surface area contributed by atoms with Gasteiger partial charge in [-0.3, -0.25) is 14.4 Å². The molecule has 0 radical (unpaired) electrons. The summed E-state index contributed by atoms with van der Waals surface area (Å²) in [7, 11) is 0. The number of esters is 1. The Balaban J connectivity index is 2.21. The summed E-state index contributed by atoms with van der Waals surface area (Å²) in [5.74, 6) is -0.849. The number of rotatable bonds is 8. The summed E-state index contributed by atoms with van der Waals surface area (Å²) in [6, 6.07) is 11.3. The predicted octanol–water partition coefficient (Wildman–Crippen LogP) is 2.08. The Hall–Kier alpha value is -2.96. The molecule has 1 atom stereocenters. The van der Waals surface area contributed by atoms with Gasteiger partial charge in [-0.2, -0.15) is 5.10 Å². The largest absolute Gasteiger partial charge is 0.466 e. The molecule has 7 nitrogen and oxygen atoms in total. The highest BCUT2D eigenvalue weighted by Crippen LogP contribution is 2.17. The SMILES string of the molecule is CCCn1nc(C(=O)NC(CC(=O)OCC)c2ccccc2)ccc1=O. The van der Waals surface area contributed by atoms with Gasteiger partial charge in [-0.15, -0.1) is 0 Å². The number of amides is 1. The molecule has 1 aromatic carbocycles. The van der Waals surface area contributed by atoms with Gasteiger partial charge < -0.3 is 10.1 Å². The van der Waals surface area contributed by atoms with Gasteiger partial charge in [0.15, 0.2) is 0 Å². The third kappa shape index (κ3) is 5.27. The van der Waals surface area contributed by atoms with Crippen LogP contribution in [-0.2, 0) is 16.1 Å². The van der Waals surface area contributed by atoms with E-state index in [1.54, 1.807) is 6.92 Å². The van der Waals surface area contributed by atoms with E-state index in [2.05, 4.69) is 10.4 Å². The third-order valence-electron chi connectivity index (χ3n) is 3.72. The first kappa shape index (κ1) is 19.4. The van der Waals surface area contributed by atoms with E-state index in [1.807, 2.05) is 37.3 Å². The van der Waals surface area contributed by atoms with Crippen LogP contribution in [0.1, 0.15) is 48.8 Å². The minimum Gasteiger partial charge on any atom is -0.466 e. The molecule has 1 amide bonds. The minimum atomic E-state index is -0.545. The van der Waals surface area contributed by atoms with E-state index in [0.717, 1.165) is 12.0 Å². The van der Waals surface area contributed by atoms with Crippen molar-refractivity contribution in [1.82, 2.24) is 15.1 Å². The van der Waals surface area contributed by atoms with Crippen LogP contribution in [0.25, 0.3) is 0 Å². The second-order valence-electron chi connectivity index (χ2n) is 5.73. The Morgan fingerprint density at radius 1 is 1.15 bits per heavy atom. The van der Waals surface area contributed by atoms with Gasteiger partial charge in [-0.1, -0.05) is 37.3 Å². The van der Waals surface area contributed by atoms with Gasteiger partial charge in [-0.05, 0) is 25.0 Å². The zero-order chi connectivity index (χ0) is 18.9. The summed E-state index contributed by atoms with van der Waals surface area (Å²) in [5.41, 5.74) is 0.660. The van der Waals surface area contributed by atoms with Crippen LogP contribution >= 0.6 is 0 Å². The van der Waals surface area contributed by atoms with Crippen molar-refractivity contribution >= 4 is 11.9 Å². The van der Waals surface area contributed by atoms with Gasteiger partial charge >= 0.3 is 5.97 Å². The average Bonchev–Trinajstić information content (AvgIpc) is 2.64. The fourth-order valence-electron chi connectivity index (χ4n) is 2.50. The zero-order valence-corrected chi connectivity index (χ0v) is 15.0. The van der Waals surface area contributed by atoms with Gasteiger partial charge in [0.2, 0.25) is 0 Å². The number of carbonyl (C=O) groups excluding carboxylic acids is 2. The molecule has 7 heteroatoms. The first-order chi connectivity index (χ1) is 12.5. The molecule has 1 aromatic heterocycles. The Bertz CT molecular complexity index is 802. The van der Waals surface area contributed by atoms with Crippen LogP contribution in [0.3, 0.4) is 0 Å². The summed E-state index contributed by atoms with van der Waals surface area (Å²) in [6.45, 7) is 4.36. The van der Waals surface area contributed by atoms with E-state index in [1.165, 1.54) is 16.8 Å². The predicted molar refractivity (Wildman–Crippen MR) is 96.7 cm³/mol. The number of benzene rings is 1. The van der Waals surface area contributed by atoms with Crippen molar-refractivity contribution in [3.05, 3.63) is 64.1 Å². The molecule has 138 valence electrons. The van der Waals surface area contributed by atoms with Crippen molar-refractivity contribution in [2.75, 3.05) is 6.61 Å². The fourth-order valence-corrected chi connectivity index (χ4v) is 2.50. The van der Waals surface area contributed by atoms with Crippen molar-refractivity contribution in [1.29, 1.82) is 0 Å². The molecule has 1 unspecified atom stereocenters. The minimum absolute atomic E-state index is 0.0121. The van der Waals surface area contributed by atoms with Crippen LogP contribution in [0.5, 0.6) is 0 Å². The number of ether oxygens (including phenoxy) is 1. The van der Waals surface area contributed by atoms with Crippen LogP contribution in [-0.4, -0.2) is 28.3 Å². The Labute approximate surface area is 152 Å². The Kier molecular flexibility index (Phi) is 7.08. The lowest BCUT2D eigenvalue weighted by molar-refractivity contribution is -0.143. The van der Waals surface area contributed by atoms with Crippen LogP contribution in [0.2, 0.25) is 0 Å². The second-order valence-corrected chi connectivity index (χ2v) is 5.73. The summed E-state index contributed by atoms with van der Waals surface area (Å²) >= 11 is 0. The van der Waals surface area contributed by atoms with Crippen molar-refractivity contribution < 1.29 is 14.3 Å². The molecule has 0 aliphatic heterocycles. The van der Waals surface area contributed by atoms with E-state index in [-0.39, 0.29) is 24.3 Å². The number of hydrogen-bond acceptors (Lipinski definition) is 5. The molecule has 0 aliphatic rings. The molecule has 26 heavy (non-hydrogen) atoms. The topological polar surface area (TPSA) is 90.3 Å².